The molecule has 2 heterocycles. The number of rotatable bonds is 5. The van der Waals surface area contributed by atoms with Gasteiger partial charge in [-0.1, -0.05) is 0 Å². The molecule has 0 amide bonds. The maximum Gasteiger partial charge on any atom is 0.262 e. The van der Waals surface area contributed by atoms with Gasteiger partial charge in [-0.2, -0.15) is 0 Å². The molecule has 2 saturated heterocycles. The molecule has 2 aromatic rings. The summed E-state index contributed by atoms with van der Waals surface area (Å²) in [5, 5.41) is 0. The number of nitrogens with zero attached hydrogens (tertiary/aromatic N) is 2. The van der Waals surface area contributed by atoms with Crippen molar-refractivity contribution in [3.8, 4) is 0 Å². The van der Waals surface area contributed by atoms with Crippen molar-refractivity contribution in [2.24, 2.45) is 0 Å². The molecule has 0 unspecified atom stereocenters. The van der Waals surface area contributed by atoms with Gasteiger partial charge in [-0.05, 0) is 80.6 Å². The van der Waals surface area contributed by atoms with Gasteiger partial charge in [0.05, 0.1) is 16.3 Å². The van der Waals surface area contributed by atoms with Crippen molar-refractivity contribution >= 4 is 37.1 Å². The summed E-state index contributed by atoms with van der Waals surface area (Å²) >= 11 is 0. The van der Waals surface area contributed by atoms with Gasteiger partial charge >= 0.3 is 0 Å². The van der Waals surface area contributed by atoms with Crippen molar-refractivity contribution in [1.82, 2.24) is 0 Å². The van der Waals surface area contributed by atoms with Crippen LogP contribution in [0.1, 0.15) is 31.2 Å². The zero-order valence-electron chi connectivity index (χ0n) is 17.0. The van der Waals surface area contributed by atoms with Gasteiger partial charge in [0, 0.05) is 31.0 Å². The molecule has 0 aliphatic carbocycles. The monoisotopic (exact) mass is 449 g/mol. The van der Waals surface area contributed by atoms with Crippen molar-refractivity contribution in [3.63, 3.8) is 0 Å². The van der Waals surface area contributed by atoms with Crippen LogP contribution in [0.2, 0.25) is 0 Å². The highest BCUT2D eigenvalue weighted by atomic mass is 32.2. The maximum atomic E-state index is 12.9. The van der Waals surface area contributed by atoms with E-state index in [2.05, 4.69) is 9.62 Å². The molecule has 0 radical (unpaired) electrons. The van der Waals surface area contributed by atoms with Crippen LogP contribution in [0.3, 0.4) is 0 Å². The summed E-state index contributed by atoms with van der Waals surface area (Å²) in [7, 11) is -7.12. The van der Waals surface area contributed by atoms with E-state index in [4.69, 9.17) is 0 Å². The van der Waals surface area contributed by atoms with E-state index < -0.39 is 20.0 Å². The summed E-state index contributed by atoms with van der Waals surface area (Å²) in [6.45, 7) is 4.17. The molecule has 0 saturated carbocycles. The second-order valence-electron chi connectivity index (χ2n) is 7.89. The van der Waals surface area contributed by atoms with E-state index in [1.807, 2.05) is 12.1 Å². The number of benzene rings is 2. The third kappa shape index (κ3) is 4.27. The van der Waals surface area contributed by atoms with Crippen LogP contribution in [0, 0.1) is 6.92 Å². The first-order valence-electron chi connectivity index (χ1n) is 10.3. The molecule has 4 rings (SSSR count). The molecule has 30 heavy (non-hydrogen) atoms. The minimum absolute atomic E-state index is 0.126. The Morgan fingerprint density at radius 1 is 0.867 bits per heavy atom. The van der Waals surface area contributed by atoms with Gasteiger partial charge in [-0.3, -0.25) is 9.03 Å². The molecule has 9 heteroatoms. The van der Waals surface area contributed by atoms with E-state index in [1.54, 1.807) is 31.2 Å². The van der Waals surface area contributed by atoms with Crippen LogP contribution in [-0.4, -0.2) is 42.2 Å². The normalized spacial score (nSPS) is 19.1. The van der Waals surface area contributed by atoms with Crippen LogP contribution in [0.25, 0.3) is 0 Å². The minimum atomic E-state index is -3.78. The van der Waals surface area contributed by atoms with Crippen molar-refractivity contribution in [2.75, 3.05) is 39.3 Å². The van der Waals surface area contributed by atoms with Gasteiger partial charge in [0.1, 0.15) is 0 Å². The average Bonchev–Trinajstić information content (AvgIpc) is 3.22. The van der Waals surface area contributed by atoms with E-state index in [0.717, 1.165) is 25.2 Å². The van der Waals surface area contributed by atoms with Crippen LogP contribution in [0.4, 0.5) is 17.1 Å². The number of sulfonamides is 2. The lowest BCUT2D eigenvalue weighted by Gasteiger charge is -2.28. The summed E-state index contributed by atoms with van der Waals surface area (Å²) < 4.78 is 54.5. The standard InChI is InChI=1S/C21H27N3O4S2/c1-17-16-20(24-14-4-5-15-29(24,25)26)10-11-21(17)30(27,28)22-18-6-8-19(9-7-18)23-12-2-3-13-23/h6-11,16,22H,2-5,12-15H2,1H3. The Kier molecular flexibility index (Phi) is 5.67. The summed E-state index contributed by atoms with van der Waals surface area (Å²) in [6.07, 6.45) is 3.82. The fourth-order valence-electron chi connectivity index (χ4n) is 4.09. The quantitative estimate of drug-likeness (QED) is 0.757. The van der Waals surface area contributed by atoms with Gasteiger partial charge in [0.25, 0.3) is 10.0 Å². The molecule has 1 N–H and O–H groups in total. The topological polar surface area (TPSA) is 86.8 Å². The third-order valence-corrected chi connectivity index (χ3v) is 9.09. The highest BCUT2D eigenvalue weighted by molar-refractivity contribution is 7.93. The summed E-state index contributed by atoms with van der Waals surface area (Å²) in [4.78, 5) is 2.43. The van der Waals surface area contributed by atoms with E-state index in [1.165, 1.54) is 23.2 Å². The van der Waals surface area contributed by atoms with Crippen molar-refractivity contribution in [2.45, 2.75) is 37.5 Å². The Bertz CT molecular complexity index is 1120. The van der Waals surface area contributed by atoms with E-state index >= 15 is 0 Å². The maximum absolute atomic E-state index is 12.9. The minimum Gasteiger partial charge on any atom is -0.372 e. The molecule has 2 aromatic carbocycles. The Morgan fingerprint density at radius 2 is 1.50 bits per heavy atom. The van der Waals surface area contributed by atoms with Crippen molar-refractivity contribution in [1.29, 1.82) is 0 Å². The third-order valence-electron chi connectivity index (χ3n) is 5.68. The Labute approximate surface area is 178 Å². The second-order valence-corrected chi connectivity index (χ2v) is 11.6. The number of nitrogens with one attached hydrogen (secondary N) is 1. The van der Waals surface area contributed by atoms with Crippen molar-refractivity contribution in [3.05, 3.63) is 48.0 Å². The summed E-state index contributed by atoms with van der Waals surface area (Å²) in [5.41, 5.74) is 2.62. The van der Waals surface area contributed by atoms with Crippen LogP contribution < -0.4 is 13.9 Å². The Hall–Kier alpha value is -2.26. The number of hydrogen-bond acceptors (Lipinski definition) is 5. The lowest BCUT2D eigenvalue weighted by atomic mass is 10.2. The molecule has 2 fully saturated rings. The first-order chi connectivity index (χ1) is 14.3. The van der Waals surface area contributed by atoms with Gasteiger partial charge in [-0.25, -0.2) is 16.8 Å². The Morgan fingerprint density at radius 3 is 2.13 bits per heavy atom. The number of hydrogen-bond donors (Lipinski definition) is 1. The summed E-state index contributed by atoms with van der Waals surface area (Å²) in [6, 6.07) is 12.1. The fraction of sp³-hybridized carbons (Fsp3) is 0.429. The molecular formula is C21H27N3O4S2. The Balaban J connectivity index is 1.54. The first-order valence-corrected chi connectivity index (χ1v) is 13.3. The molecule has 2 aliphatic rings. The molecule has 162 valence electrons. The molecule has 2 aliphatic heterocycles. The smallest absolute Gasteiger partial charge is 0.262 e. The van der Waals surface area contributed by atoms with Gasteiger partial charge in [0.2, 0.25) is 10.0 Å². The van der Waals surface area contributed by atoms with Gasteiger partial charge in [0.15, 0.2) is 0 Å². The zero-order valence-corrected chi connectivity index (χ0v) is 18.7. The van der Waals surface area contributed by atoms with Gasteiger partial charge < -0.3 is 4.90 Å². The second kappa shape index (κ2) is 8.11. The average molecular weight is 450 g/mol. The van der Waals surface area contributed by atoms with Crippen LogP contribution in [-0.2, 0) is 20.0 Å². The first kappa shape index (κ1) is 21.0. The molecule has 0 bridgehead atoms. The molecule has 0 atom stereocenters. The number of anilines is 3. The zero-order chi connectivity index (χ0) is 21.4. The van der Waals surface area contributed by atoms with E-state index in [-0.39, 0.29) is 10.6 Å². The molecule has 0 spiro atoms. The molecule has 0 aromatic heterocycles. The summed E-state index contributed by atoms with van der Waals surface area (Å²) in [5.74, 6) is 0.126. The highest BCUT2D eigenvalue weighted by Crippen LogP contribution is 2.29. The van der Waals surface area contributed by atoms with Crippen LogP contribution in [0.15, 0.2) is 47.4 Å². The van der Waals surface area contributed by atoms with Crippen LogP contribution in [0.5, 0.6) is 0 Å². The fourth-order valence-corrected chi connectivity index (χ4v) is 7.01. The van der Waals surface area contributed by atoms with E-state index in [9.17, 15) is 16.8 Å². The van der Waals surface area contributed by atoms with Crippen molar-refractivity contribution < 1.29 is 16.8 Å². The van der Waals surface area contributed by atoms with E-state index in [0.29, 0.717) is 29.9 Å². The SMILES string of the molecule is Cc1cc(N2CCCCS2(=O)=O)ccc1S(=O)(=O)Nc1ccc(N2CCCC2)cc1. The molecular weight excluding hydrogens is 422 g/mol. The predicted octanol–water partition coefficient (Wildman–Crippen LogP) is 3.33. The lowest BCUT2D eigenvalue weighted by molar-refractivity contribution is 0.574. The molecule has 7 nitrogen and oxygen atoms in total. The largest absolute Gasteiger partial charge is 0.372 e. The number of aryl methyl sites for hydroxylation is 1. The lowest BCUT2D eigenvalue weighted by Crippen LogP contribution is -2.37. The highest BCUT2D eigenvalue weighted by Gasteiger charge is 2.27. The van der Waals surface area contributed by atoms with Crippen LogP contribution >= 0.6 is 0 Å². The predicted molar refractivity (Wildman–Crippen MR) is 120 cm³/mol. The van der Waals surface area contributed by atoms with Gasteiger partial charge in [-0.15, -0.1) is 0 Å².